The van der Waals surface area contributed by atoms with Gasteiger partial charge in [0, 0.05) is 32.1 Å². The second-order valence-corrected chi connectivity index (χ2v) is 5.72. The quantitative estimate of drug-likeness (QED) is 0.820. The summed E-state index contributed by atoms with van der Waals surface area (Å²) < 4.78 is 0. The molecule has 1 saturated heterocycles. The summed E-state index contributed by atoms with van der Waals surface area (Å²) in [7, 11) is 1.86. The van der Waals surface area contributed by atoms with E-state index in [-0.39, 0.29) is 18.2 Å². The summed E-state index contributed by atoms with van der Waals surface area (Å²) in [5.41, 5.74) is 0. The maximum Gasteiger partial charge on any atom is 0.319 e. The highest BCUT2D eigenvalue weighted by Gasteiger charge is 2.39. The van der Waals surface area contributed by atoms with Gasteiger partial charge in [-0.05, 0) is 39.0 Å². The SMILES string of the molecule is CCN(C)C(=O)N1CCCCC1C1CCCC1O. The van der Waals surface area contributed by atoms with Gasteiger partial charge in [0.15, 0.2) is 0 Å². The molecule has 0 aromatic carbocycles. The Morgan fingerprint density at radius 2 is 2.06 bits per heavy atom. The summed E-state index contributed by atoms with van der Waals surface area (Å²) in [4.78, 5) is 16.2. The van der Waals surface area contributed by atoms with Crippen LogP contribution in [-0.2, 0) is 0 Å². The maximum absolute atomic E-state index is 12.4. The van der Waals surface area contributed by atoms with Crippen LogP contribution in [0.1, 0.15) is 45.4 Å². The zero-order valence-electron chi connectivity index (χ0n) is 11.6. The van der Waals surface area contributed by atoms with Gasteiger partial charge in [0.05, 0.1) is 6.10 Å². The molecule has 18 heavy (non-hydrogen) atoms. The molecule has 1 aliphatic carbocycles. The number of hydrogen-bond acceptors (Lipinski definition) is 2. The average molecular weight is 254 g/mol. The number of rotatable bonds is 2. The number of aliphatic hydroxyl groups excluding tert-OH is 1. The largest absolute Gasteiger partial charge is 0.393 e. The molecule has 0 spiro atoms. The van der Waals surface area contributed by atoms with Crippen LogP contribution in [0.5, 0.6) is 0 Å². The van der Waals surface area contributed by atoms with Crippen molar-refractivity contribution in [1.29, 1.82) is 0 Å². The molecule has 0 aromatic heterocycles. The lowest BCUT2D eigenvalue weighted by Crippen LogP contribution is -2.53. The number of nitrogens with zero attached hydrogens (tertiary/aromatic N) is 2. The smallest absolute Gasteiger partial charge is 0.319 e. The lowest BCUT2D eigenvalue weighted by Gasteiger charge is -2.41. The third-order valence-electron chi connectivity index (χ3n) is 4.62. The van der Waals surface area contributed by atoms with Crippen molar-refractivity contribution in [2.45, 2.75) is 57.6 Å². The Bertz CT molecular complexity index is 296. The van der Waals surface area contributed by atoms with Crippen LogP contribution in [0, 0.1) is 5.92 Å². The average Bonchev–Trinajstić information content (AvgIpc) is 2.83. The second-order valence-electron chi connectivity index (χ2n) is 5.72. The van der Waals surface area contributed by atoms with Gasteiger partial charge < -0.3 is 14.9 Å². The van der Waals surface area contributed by atoms with Gasteiger partial charge in [-0.2, -0.15) is 0 Å². The molecule has 0 aromatic rings. The molecule has 0 bridgehead atoms. The summed E-state index contributed by atoms with van der Waals surface area (Å²) in [5, 5.41) is 10.1. The summed E-state index contributed by atoms with van der Waals surface area (Å²) in [6.07, 6.45) is 6.24. The van der Waals surface area contributed by atoms with E-state index in [1.165, 1.54) is 6.42 Å². The van der Waals surface area contributed by atoms with Crippen LogP contribution in [0.2, 0.25) is 0 Å². The fourth-order valence-electron chi connectivity index (χ4n) is 3.41. The summed E-state index contributed by atoms with van der Waals surface area (Å²) in [5.74, 6) is 0.305. The van der Waals surface area contributed by atoms with Crippen molar-refractivity contribution in [2.75, 3.05) is 20.1 Å². The first-order chi connectivity index (χ1) is 8.65. The summed E-state index contributed by atoms with van der Waals surface area (Å²) in [6, 6.07) is 0.402. The van der Waals surface area contributed by atoms with Gasteiger partial charge in [-0.3, -0.25) is 0 Å². The normalized spacial score (nSPS) is 32.6. The molecule has 4 nitrogen and oxygen atoms in total. The number of aliphatic hydroxyl groups is 1. The Kier molecular flexibility index (Phi) is 4.49. The van der Waals surface area contributed by atoms with Crippen LogP contribution in [0.25, 0.3) is 0 Å². The first kappa shape index (κ1) is 13.7. The minimum atomic E-state index is -0.199. The molecular weight excluding hydrogens is 228 g/mol. The molecule has 1 heterocycles. The van der Waals surface area contributed by atoms with Crippen molar-refractivity contribution >= 4 is 6.03 Å². The highest BCUT2D eigenvalue weighted by atomic mass is 16.3. The van der Waals surface area contributed by atoms with Gasteiger partial charge in [0.1, 0.15) is 0 Å². The van der Waals surface area contributed by atoms with Crippen LogP contribution in [0.3, 0.4) is 0 Å². The number of amides is 2. The van der Waals surface area contributed by atoms with E-state index in [9.17, 15) is 9.90 Å². The highest BCUT2D eigenvalue weighted by molar-refractivity contribution is 5.74. The van der Waals surface area contributed by atoms with Gasteiger partial charge in [0.25, 0.3) is 0 Å². The van der Waals surface area contributed by atoms with E-state index in [1.54, 1.807) is 4.90 Å². The summed E-state index contributed by atoms with van der Waals surface area (Å²) in [6.45, 7) is 3.60. The minimum Gasteiger partial charge on any atom is -0.393 e. The Balaban J connectivity index is 2.08. The monoisotopic (exact) mass is 254 g/mol. The zero-order chi connectivity index (χ0) is 13.1. The van der Waals surface area contributed by atoms with Crippen LogP contribution in [0.4, 0.5) is 4.79 Å². The van der Waals surface area contributed by atoms with Crippen LogP contribution >= 0.6 is 0 Å². The Labute approximate surface area is 110 Å². The predicted molar refractivity (Wildman–Crippen MR) is 71.4 cm³/mol. The number of hydrogen-bond donors (Lipinski definition) is 1. The predicted octanol–water partition coefficient (Wildman–Crippen LogP) is 2.07. The van der Waals surface area contributed by atoms with E-state index < -0.39 is 0 Å². The van der Waals surface area contributed by atoms with Crippen LogP contribution < -0.4 is 0 Å². The van der Waals surface area contributed by atoms with Gasteiger partial charge in [-0.1, -0.05) is 6.42 Å². The molecule has 2 rings (SSSR count). The number of likely N-dealkylation sites (tertiary alicyclic amines) is 1. The lowest BCUT2D eigenvalue weighted by atomic mass is 9.88. The number of carbonyl (C=O) groups is 1. The Morgan fingerprint density at radius 1 is 1.28 bits per heavy atom. The fraction of sp³-hybridized carbons (Fsp3) is 0.929. The van der Waals surface area contributed by atoms with Gasteiger partial charge >= 0.3 is 6.03 Å². The third-order valence-corrected chi connectivity index (χ3v) is 4.62. The van der Waals surface area contributed by atoms with Crippen molar-refractivity contribution in [3.63, 3.8) is 0 Å². The molecule has 4 heteroatoms. The Hall–Kier alpha value is -0.770. The topological polar surface area (TPSA) is 43.8 Å². The first-order valence-corrected chi connectivity index (χ1v) is 7.35. The van der Waals surface area contributed by atoms with E-state index in [4.69, 9.17) is 0 Å². The van der Waals surface area contributed by atoms with Gasteiger partial charge in [0.2, 0.25) is 0 Å². The second kappa shape index (κ2) is 5.91. The van der Waals surface area contributed by atoms with Crippen molar-refractivity contribution in [3.05, 3.63) is 0 Å². The molecule has 104 valence electrons. The first-order valence-electron chi connectivity index (χ1n) is 7.35. The molecule has 1 aliphatic heterocycles. The molecule has 2 amide bonds. The molecule has 2 aliphatic rings. The molecule has 2 fully saturated rings. The molecule has 0 radical (unpaired) electrons. The van der Waals surface area contributed by atoms with Crippen LogP contribution in [-0.4, -0.2) is 53.2 Å². The third kappa shape index (κ3) is 2.63. The lowest BCUT2D eigenvalue weighted by molar-refractivity contribution is 0.0447. The van der Waals surface area contributed by atoms with Crippen molar-refractivity contribution in [3.8, 4) is 0 Å². The van der Waals surface area contributed by atoms with E-state index in [0.29, 0.717) is 5.92 Å². The minimum absolute atomic E-state index is 0.140. The van der Waals surface area contributed by atoms with E-state index in [1.807, 2.05) is 18.9 Å². The number of urea groups is 1. The molecule has 3 atom stereocenters. The van der Waals surface area contributed by atoms with Crippen molar-refractivity contribution in [2.24, 2.45) is 5.92 Å². The number of piperidine rings is 1. The molecular formula is C14H26N2O2. The van der Waals surface area contributed by atoms with Crippen LogP contribution in [0.15, 0.2) is 0 Å². The highest BCUT2D eigenvalue weighted by Crippen LogP contribution is 2.35. The zero-order valence-corrected chi connectivity index (χ0v) is 11.6. The molecule has 1 N–H and O–H groups in total. The van der Waals surface area contributed by atoms with E-state index in [0.717, 1.165) is 45.2 Å². The number of carbonyl (C=O) groups excluding carboxylic acids is 1. The molecule has 3 unspecified atom stereocenters. The van der Waals surface area contributed by atoms with Gasteiger partial charge in [-0.15, -0.1) is 0 Å². The van der Waals surface area contributed by atoms with Crippen molar-refractivity contribution < 1.29 is 9.90 Å². The molecule has 1 saturated carbocycles. The van der Waals surface area contributed by atoms with Crippen molar-refractivity contribution in [1.82, 2.24) is 9.80 Å². The van der Waals surface area contributed by atoms with Gasteiger partial charge in [-0.25, -0.2) is 4.79 Å². The summed E-state index contributed by atoms with van der Waals surface area (Å²) >= 11 is 0. The standard InChI is InChI=1S/C14H26N2O2/c1-3-15(2)14(18)16-10-5-4-8-12(16)11-7-6-9-13(11)17/h11-13,17H,3-10H2,1-2H3. The Morgan fingerprint density at radius 3 is 2.67 bits per heavy atom. The fourth-order valence-corrected chi connectivity index (χ4v) is 3.41. The maximum atomic E-state index is 12.4. The van der Waals surface area contributed by atoms with E-state index in [2.05, 4.69) is 0 Å². The van der Waals surface area contributed by atoms with E-state index >= 15 is 0 Å².